The molecule has 1 fully saturated rings. The van der Waals surface area contributed by atoms with E-state index < -0.39 is 0 Å². The van der Waals surface area contributed by atoms with Gasteiger partial charge in [-0.05, 0) is 25.7 Å². The smallest absolute Gasteiger partial charge is 0.302 e. The van der Waals surface area contributed by atoms with Gasteiger partial charge in [0, 0.05) is 25.2 Å². The van der Waals surface area contributed by atoms with Crippen molar-refractivity contribution in [3.05, 3.63) is 5.82 Å². The molecule has 1 heterocycles. The van der Waals surface area contributed by atoms with E-state index >= 15 is 0 Å². The van der Waals surface area contributed by atoms with E-state index in [2.05, 4.69) is 20.6 Å². The van der Waals surface area contributed by atoms with Crippen molar-refractivity contribution in [3.63, 3.8) is 0 Å². The first-order valence-corrected chi connectivity index (χ1v) is 8.05. The van der Waals surface area contributed by atoms with Gasteiger partial charge in [0.05, 0.1) is 0 Å². The van der Waals surface area contributed by atoms with Gasteiger partial charge in [0.15, 0.2) is 5.82 Å². The minimum absolute atomic E-state index is 0.0451. The average Bonchev–Trinajstić information content (AvgIpc) is 3.12. The first-order chi connectivity index (χ1) is 10.7. The summed E-state index contributed by atoms with van der Waals surface area (Å²) in [5.41, 5.74) is 0. The Labute approximate surface area is 130 Å². The molecule has 0 bridgehead atoms. The molecule has 0 amide bonds. The summed E-state index contributed by atoms with van der Waals surface area (Å²) in [7, 11) is 0. The Kier molecular flexibility index (Phi) is 6.48. The zero-order valence-corrected chi connectivity index (χ0v) is 13.0. The highest BCUT2D eigenvalue weighted by Gasteiger charge is 2.37. The number of aromatic nitrogens is 4. The lowest BCUT2D eigenvalue weighted by Gasteiger charge is -2.21. The van der Waals surface area contributed by atoms with Crippen LogP contribution in [0.15, 0.2) is 0 Å². The summed E-state index contributed by atoms with van der Waals surface area (Å²) in [5.74, 6) is 0.746. The minimum atomic E-state index is -0.248. The van der Waals surface area contributed by atoms with Crippen LogP contribution in [-0.4, -0.2) is 39.0 Å². The van der Waals surface area contributed by atoms with E-state index in [4.69, 9.17) is 4.74 Å². The third-order valence-electron chi connectivity index (χ3n) is 4.38. The van der Waals surface area contributed by atoms with E-state index in [1.54, 1.807) is 0 Å². The van der Waals surface area contributed by atoms with Crippen LogP contribution in [0.4, 0.5) is 0 Å². The molecule has 1 aliphatic rings. The predicted octanol–water partition coefficient (Wildman–Crippen LogP) is 1.85. The molecule has 22 heavy (non-hydrogen) atoms. The van der Waals surface area contributed by atoms with Gasteiger partial charge in [-0.3, -0.25) is 4.79 Å². The maximum atomic E-state index is 11.2. The molecule has 7 heteroatoms. The third-order valence-corrected chi connectivity index (χ3v) is 4.38. The van der Waals surface area contributed by atoms with Crippen molar-refractivity contribution in [1.29, 1.82) is 0 Å². The van der Waals surface area contributed by atoms with Crippen molar-refractivity contribution in [2.75, 3.05) is 0 Å². The molecule has 0 aromatic carbocycles. The van der Waals surface area contributed by atoms with Gasteiger partial charge in [0.2, 0.25) is 0 Å². The summed E-state index contributed by atoms with van der Waals surface area (Å²) >= 11 is 0. The van der Waals surface area contributed by atoms with E-state index in [1.807, 2.05) is 0 Å². The van der Waals surface area contributed by atoms with Crippen LogP contribution in [0.1, 0.15) is 57.7 Å². The van der Waals surface area contributed by atoms with E-state index in [0.717, 1.165) is 63.5 Å². The Hall–Kier alpha value is -1.79. The summed E-state index contributed by atoms with van der Waals surface area (Å²) < 4.78 is 5.36. The molecule has 0 aliphatic heterocycles. The molecule has 1 aromatic rings. The second-order valence-electron chi connectivity index (χ2n) is 5.97. The SMILES string of the molecule is CC(=O)OC1CCC(C=O)C1CCCCCCc1nn[nH]n1. The molecule has 1 saturated carbocycles. The van der Waals surface area contributed by atoms with E-state index in [1.165, 1.54) is 6.92 Å². The van der Waals surface area contributed by atoms with Crippen LogP contribution >= 0.6 is 0 Å². The number of aryl methyl sites for hydroxylation is 1. The monoisotopic (exact) mass is 308 g/mol. The van der Waals surface area contributed by atoms with Crippen molar-refractivity contribution in [2.24, 2.45) is 11.8 Å². The van der Waals surface area contributed by atoms with Crippen molar-refractivity contribution < 1.29 is 14.3 Å². The maximum Gasteiger partial charge on any atom is 0.302 e. The number of H-pyrrole nitrogens is 1. The highest BCUT2D eigenvalue weighted by atomic mass is 16.5. The fraction of sp³-hybridized carbons (Fsp3) is 0.800. The van der Waals surface area contributed by atoms with Crippen molar-refractivity contribution in [2.45, 2.75) is 64.4 Å². The molecule has 1 aliphatic carbocycles. The van der Waals surface area contributed by atoms with Gasteiger partial charge in [-0.15, -0.1) is 10.2 Å². The lowest BCUT2D eigenvalue weighted by molar-refractivity contribution is -0.148. The number of unbranched alkanes of at least 4 members (excludes halogenated alkanes) is 3. The number of nitrogens with zero attached hydrogens (tertiary/aromatic N) is 3. The molecule has 7 nitrogen and oxygen atoms in total. The van der Waals surface area contributed by atoms with Gasteiger partial charge >= 0.3 is 5.97 Å². The van der Waals surface area contributed by atoms with Crippen LogP contribution in [0.2, 0.25) is 0 Å². The highest BCUT2D eigenvalue weighted by molar-refractivity contribution is 5.66. The number of aldehydes is 1. The van der Waals surface area contributed by atoms with E-state index in [0.29, 0.717) is 0 Å². The largest absolute Gasteiger partial charge is 0.462 e. The van der Waals surface area contributed by atoms with Crippen LogP contribution in [0.5, 0.6) is 0 Å². The molecule has 3 atom stereocenters. The molecule has 3 unspecified atom stereocenters. The van der Waals surface area contributed by atoms with Crippen LogP contribution in [-0.2, 0) is 20.7 Å². The molecule has 1 aromatic heterocycles. The van der Waals surface area contributed by atoms with E-state index in [-0.39, 0.29) is 23.9 Å². The van der Waals surface area contributed by atoms with Crippen molar-refractivity contribution in [1.82, 2.24) is 20.6 Å². The molecule has 0 radical (unpaired) electrons. The number of carbonyl (C=O) groups excluding carboxylic acids is 2. The Bertz CT molecular complexity index is 463. The number of esters is 1. The minimum Gasteiger partial charge on any atom is -0.462 e. The first kappa shape index (κ1) is 16.6. The number of ether oxygens (including phenoxy) is 1. The number of hydrogen-bond acceptors (Lipinski definition) is 6. The second-order valence-corrected chi connectivity index (χ2v) is 5.97. The topological polar surface area (TPSA) is 97.8 Å². The zero-order valence-electron chi connectivity index (χ0n) is 13.0. The molecule has 2 rings (SSSR count). The van der Waals surface area contributed by atoms with E-state index in [9.17, 15) is 9.59 Å². The zero-order chi connectivity index (χ0) is 15.8. The van der Waals surface area contributed by atoms with Gasteiger partial charge in [-0.2, -0.15) is 5.21 Å². The second kappa shape index (κ2) is 8.60. The first-order valence-electron chi connectivity index (χ1n) is 8.05. The van der Waals surface area contributed by atoms with Crippen LogP contribution in [0.3, 0.4) is 0 Å². The quantitative estimate of drug-likeness (QED) is 0.425. The predicted molar refractivity (Wildman–Crippen MR) is 78.8 cm³/mol. The molecule has 0 saturated heterocycles. The van der Waals surface area contributed by atoms with Gasteiger partial charge in [-0.25, -0.2) is 0 Å². The molecule has 0 spiro atoms. The summed E-state index contributed by atoms with van der Waals surface area (Å²) in [6, 6.07) is 0. The fourth-order valence-corrected chi connectivity index (χ4v) is 3.29. The highest BCUT2D eigenvalue weighted by Crippen LogP contribution is 2.36. The third kappa shape index (κ3) is 4.89. The number of rotatable bonds is 9. The summed E-state index contributed by atoms with van der Waals surface area (Å²) in [4.78, 5) is 22.3. The lowest BCUT2D eigenvalue weighted by atomic mass is 9.90. The summed E-state index contributed by atoms with van der Waals surface area (Å²) in [6.45, 7) is 1.43. The fourth-order valence-electron chi connectivity index (χ4n) is 3.29. The van der Waals surface area contributed by atoms with Gasteiger partial charge in [0.1, 0.15) is 12.4 Å². The number of carbonyl (C=O) groups is 2. The number of aromatic amines is 1. The number of nitrogens with one attached hydrogen (secondary N) is 1. The van der Waals surface area contributed by atoms with Gasteiger partial charge < -0.3 is 9.53 Å². The van der Waals surface area contributed by atoms with Crippen molar-refractivity contribution in [3.8, 4) is 0 Å². The van der Waals surface area contributed by atoms with Crippen LogP contribution in [0.25, 0.3) is 0 Å². The number of tetrazole rings is 1. The maximum absolute atomic E-state index is 11.2. The summed E-state index contributed by atoms with van der Waals surface area (Å²) in [5, 5.41) is 13.8. The van der Waals surface area contributed by atoms with Crippen LogP contribution in [0, 0.1) is 11.8 Å². The molecule has 1 N–H and O–H groups in total. The summed E-state index contributed by atoms with van der Waals surface area (Å²) in [6.07, 6.45) is 8.69. The Morgan fingerprint density at radius 1 is 1.32 bits per heavy atom. The Balaban J connectivity index is 1.64. The average molecular weight is 308 g/mol. The van der Waals surface area contributed by atoms with Gasteiger partial charge in [0.25, 0.3) is 0 Å². The Morgan fingerprint density at radius 2 is 2.14 bits per heavy atom. The van der Waals surface area contributed by atoms with Crippen LogP contribution < -0.4 is 0 Å². The normalized spacial score (nSPS) is 24.3. The molecular formula is C15H24N4O3. The molecule has 122 valence electrons. The van der Waals surface area contributed by atoms with Gasteiger partial charge in [-0.1, -0.05) is 24.5 Å². The number of hydrogen-bond donors (Lipinski definition) is 1. The molecular weight excluding hydrogens is 284 g/mol. The van der Waals surface area contributed by atoms with Crippen molar-refractivity contribution >= 4 is 12.3 Å². The lowest BCUT2D eigenvalue weighted by Crippen LogP contribution is -2.25. The standard InChI is InChI=1S/C15H24N4O3/c1-11(21)22-14-9-8-12(10-20)13(14)6-4-2-3-5-7-15-16-18-19-17-15/h10,12-14H,2-9H2,1H3,(H,16,17,18,19). The Morgan fingerprint density at radius 3 is 2.82 bits per heavy atom.